The molecule has 21 heavy (non-hydrogen) atoms. The van der Waals surface area contributed by atoms with E-state index in [9.17, 15) is 4.79 Å². The minimum Gasteiger partial charge on any atom is -0.291 e. The summed E-state index contributed by atoms with van der Waals surface area (Å²) >= 11 is 0. The molecule has 0 saturated heterocycles. The smallest absolute Gasteiger partial charge is 0.230 e. The van der Waals surface area contributed by atoms with Crippen LogP contribution in [-0.4, -0.2) is 5.91 Å². The standard InChI is InChI=1S/C18H20N2O/c1-14-8-11-17(12-9-14)18(20-19-15(2)21)13-10-16-6-4-3-5-7-16/h3-13,18,20H,1-2H3,(H,19,21)/b13-10+/t18-/m1/s1. The van der Waals surface area contributed by atoms with Crippen LogP contribution in [0, 0.1) is 6.92 Å². The number of carbonyl (C=O) groups is 1. The lowest BCUT2D eigenvalue weighted by molar-refractivity contribution is -0.120. The number of amides is 1. The van der Waals surface area contributed by atoms with Gasteiger partial charge in [-0.3, -0.25) is 10.2 Å². The first kappa shape index (κ1) is 15.0. The van der Waals surface area contributed by atoms with Gasteiger partial charge in [-0.05, 0) is 18.1 Å². The fourth-order valence-corrected chi connectivity index (χ4v) is 1.97. The van der Waals surface area contributed by atoms with Crippen molar-refractivity contribution in [3.63, 3.8) is 0 Å². The Bertz CT molecular complexity index is 603. The second-order valence-electron chi connectivity index (χ2n) is 4.98. The van der Waals surface area contributed by atoms with Gasteiger partial charge in [0.05, 0.1) is 6.04 Å². The van der Waals surface area contributed by atoms with E-state index >= 15 is 0 Å². The second kappa shape index (κ2) is 7.41. The normalized spacial score (nSPS) is 12.3. The highest BCUT2D eigenvalue weighted by Crippen LogP contribution is 2.16. The van der Waals surface area contributed by atoms with Crippen LogP contribution in [0.15, 0.2) is 60.7 Å². The third-order valence-corrected chi connectivity index (χ3v) is 3.12. The van der Waals surface area contributed by atoms with Crippen molar-refractivity contribution in [2.75, 3.05) is 0 Å². The van der Waals surface area contributed by atoms with Crippen LogP contribution in [0.1, 0.15) is 29.7 Å². The molecule has 2 rings (SSSR count). The minimum absolute atomic E-state index is 0.0743. The number of hydrogen-bond donors (Lipinski definition) is 2. The molecule has 2 aromatic rings. The topological polar surface area (TPSA) is 41.1 Å². The van der Waals surface area contributed by atoms with E-state index in [2.05, 4.69) is 42.0 Å². The van der Waals surface area contributed by atoms with E-state index in [0.29, 0.717) is 0 Å². The molecule has 0 unspecified atom stereocenters. The molecule has 0 fully saturated rings. The van der Waals surface area contributed by atoms with Crippen LogP contribution < -0.4 is 10.9 Å². The van der Waals surface area contributed by atoms with E-state index < -0.39 is 0 Å². The van der Waals surface area contributed by atoms with Crippen LogP contribution in [0.5, 0.6) is 0 Å². The van der Waals surface area contributed by atoms with Gasteiger partial charge in [0.15, 0.2) is 0 Å². The summed E-state index contributed by atoms with van der Waals surface area (Å²) in [6, 6.07) is 18.3. The monoisotopic (exact) mass is 280 g/mol. The SMILES string of the molecule is CC(=O)NN[C@H](/C=C/c1ccccc1)c1ccc(C)cc1. The molecule has 108 valence electrons. The van der Waals surface area contributed by atoms with E-state index in [0.717, 1.165) is 11.1 Å². The van der Waals surface area contributed by atoms with E-state index in [-0.39, 0.29) is 11.9 Å². The Kier molecular flexibility index (Phi) is 5.29. The van der Waals surface area contributed by atoms with E-state index in [1.807, 2.05) is 42.5 Å². The van der Waals surface area contributed by atoms with Crippen molar-refractivity contribution in [1.82, 2.24) is 10.9 Å². The molecular weight excluding hydrogens is 260 g/mol. The Morgan fingerprint density at radius 3 is 2.33 bits per heavy atom. The summed E-state index contributed by atoms with van der Waals surface area (Å²) in [6.45, 7) is 3.54. The highest BCUT2D eigenvalue weighted by Gasteiger charge is 2.07. The molecule has 3 nitrogen and oxygen atoms in total. The fraction of sp³-hybridized carbons (Fsp3) is 0.167. The molecule has 0 aliphatic heterocycles. The van der Waals surface area contributed by atoms with E-state index in [1.54, 1.807) is 0 Å². The van der Waals surface area contributed by atoms with Gasteiger partial charge in [-0.25, -0.2) is 5.43 Å². The molecule has 0 radical (unpaired) electrons. The molecule has 0 saturated carbocycles. The van der Waals surface area contributed by atoms with Gasteiger partial charge in [0.25, 0.3) is 0 Å². The zero-order valence-corrected chi connectivity index (χ0v) is 12.3. The highest BCUT2D eigenvalue weighted by atomic mass is 16.2. The molecule has 2 N–H and O–H groups in total. The molecule has 0 spiro atoms. The summed E-state index contributed by atoms with van der Waals surface area (Å²) in [7, 11) is 0. The van der Waals surface area contributed by atoms with Gasteiger partial charge in [-0.1, -0.05) is 72.3 Å². The van der Waals surface area contributed by atoms with Crippen molar-refractivity contribution in [1.29, 1.82) is 0 Å². The lowest BCUT2D eigenvalue weighted by atomic mass is 10.0. The zero-order chi connectivity index (χ0) is 15.1. The summed E-state index contributed by atoms with van der Waals surface area (Å²) in [5.74, 6) is -0.111. The Balaban J connectivity index is 2.17. The molecule has 0 aromatic heterocycles. The molecular formula is C18H20N2O. The number of benzene rings is 2. The molecule has 1 atom stereocenters. The van der Waals surface area contributed by atoms with Gasteiger partial charge < -0.3 is 0 Å². The maximum absolute atomic E-state index is 11.1. The first-order valence-corrected chi connectivity index (χ1v) is 6.97. The van der Waals surface area contributed by atoms with E-state index in [4.69, 9.17) is 0 Å². The Labute approximate surface area is 125 Å². The van der Waals surface area contributed by atoms with Crippen molar-refractivity contribution < 1.29 is 4.79 Å². The van der Waals surface area contributed by atoms with Crippen LogP contribution in [0.25, 0.3) is 6.08 Å². The zero-order valence-electron chi connectivity index (χ0n) is 12.3. The summed E-state index contributed by atoms with van der Waals surface area (Å²) in [5.41, 5.74) is 9.13. The van der Waals surface area contributed by atoms with Crippen molar-refractivity contribution in [2.45, 2.75) is 19.9 Å². The average molecular weight is 280 g/mol. The van der Waals surface area contributed by atoms with Crippen LogP contribution in [-0.2, 0) is 4.79 Å². The molecule has 1 amide bonds. The third-order valence-electron chi connectivity index (χ3n) is 3.12. The summed E-state index contributed by atoms with van der Waals surface area (Å²) in [4.78, 5) is 11.1. The number of carbonyl (C=O) groups excluding carboxylic acids is 1. The van der Waals surface area contributed by atoms with Gasteiger partial charge in [0, 0.05) is 6.92 Å². The first-order valence-electron chi connectivity index (χ1n) is 6.97. The number of rotatable bonds is 5. The summed E-state index contributed by atoms with van der Waals surface area (Å²) in [5, 5.41) is 0. The van der Waals surface area contributed by atoms with Crippen LogP contribution in [0.4, 0.5) is 0 Å². The van der Waals surface area contributed by atoms with E-state index in [1.165, 1.54) is 12.5 Å². The predicted molar refractivity (Wildman–Crippen MR) is 86.3 cm³/mol. The third kappa shape index (κ3) is 4.89. The maximum Gasteiger partial charge on any atom is 0.230 e. The summed E-state index contributed by atoms with van der Waals surface area (Å²) < 4.78 is 0. The average Bonchev–Trinajstić information content (AvgIpc) is 2.49. The largest absolute Gasteiger partial charge is 0.291 e. The molecule has 3 heteroatoms. The van der Waals surface area contributed by atoms with Gasteiger partial charge in [0.2, 0.25) is 5.91 Å². The number of aryl methyl sites for hydroxylation is 1. The molecule has 0 heterocycles. The quantitative estimate of drug-likeness (QED) is 0.824. The van der Waals surface area contributed by atoms with Crippen molar-refractivity contribution in [3.05, 3.63) is 77.4 Å². The fourth-order valence-electron chi connectivity index (χ4n) is 1.97. The molecule has 0 bridgehead atoms. The predicted octanol–water partition coefficient (Wildman–Crippen LogP) is 3.39. The van der Waals surface area contributed by atoms with Gasteiger partial charge in [-0.15, -0.1) is 0 Å². The van der Waals surface area contributed by atoms with Gasteiger partial charge in [-0.2, -0.15) is 0 Å². The van der Waals surface area contributed by atoms with Crippen LogP contribution >= 0.6 is 0 Å². The number of hydrazine groups is 1. The van der Waals surface area contributed by atoms with Crippen LogP contribution in [0.3, 0.4) is 0 Å². The number of nitrogens with one attached hydrogen (secondary N) is 2. The first-order chi connectivity index (χ1) is 10.1. The molecule has 0 aliphatic carbocycles. The minimum atomic E-state index is -0.111. The second-order valence-corrected chi connectivity index (χ2v) is 4.98. The van der Waals surface area contributed by atoms with Gasteiger partial charge >= 0.3 is 0 Å². The van der Waals surface area contributed by atoms with Crippen molar-refractivity contribution >= 4 is 12.0 Å². The lowest BCUT2D eigenvalue weighted by Gasteiger charge is -2.16. The van der Waals surface area contributed by atoms with Crippen molar-refractivity contribution in [3.8, 4) is 0 Å². The Morgan fingerprint density at radius 2 is 1.71 bits per heavy atom. The highest BCUT2D eigenvalue weighted by molar-refractivity contribution is 5.72. The number of hydrogen-bond acceptors (Lipinski definition) is 2. The summed E-state index contributed by atoms with van der Waals surface area (Å²) in [6.07, 6.45) is 4.08. The lowest BCUT2D eigenvalue weighted by Crippen LogP contribution is -2.37. The maximum atomic E-state index is 11.1. The Morgan fingerprint density at radius 1 is 1.05 bits per heavy atom. The molecule has 0 aliphatic rings. The van der Waals surface area contributed by atoms with Gasteiger partial charge in [0.1, 0.15) is 0 Å². The van der Waals surface area contributed by atoms with Crippen molar-refractivity contribution in [2.24, 2.45) is 0 Å². The van der Waals surface area contributed by atoms with Crippen LogP contribution in [0.2, 0.25) is 0 Å². The Hall–Kier alpha value is -2.39. The molecule has 2 aromatic carbocycles.